The van der Waals surface area contributed by atoms with Crippen LogP contribution in [0.3, 0.4) is 0 Å². The predicted molar refractivity (Wildman–Crippen MR) is 89.5 cm³/mol. The summed E-state index contributed by atoms with van der Waals surface area (Å²) in [5, 5.41) is 11.9. The van der Waals surface area contributed by atoms with Gasteiger partial charge in [-0.25, -0.2) is 4.79 Å². The van der Waals surface area contributed by atoms with Crippen molar-refractivity contribution in [2.45, 2.75) is 32.7 Å². The first kappa shape index (κ1) is 17.6. The zero-order valence-electron chi connectivity index (χ0n) is 13.8. The molecule has 0 aromatic carbocycles. The molecule has 0 aliphatic rings. The topological polar surface area (TPSA) is 92.2 Å². The number of carbonyl (C=O) groups excluding carboxylic acids is 1. The monoisotopic (exact) mass is 327 g/mol. The van der Waals surface area contributed by atoms with E-state index in [4.69, 9.17) is 5.11 Å². The largest absolute Gasteiger partial charge is 0.478 e. The molecule has 6 heteroatoms. The van der Waals surface area contributed by atoms with Gasteiger partial charge in [-0.15, -0.1) is 0 Å². The summed E-state index contributed by atoms with van der Waals surface area (Å²) < 4.78 is 0. The quantitative estimate of drug-likeness (QED) is 0.815. The summed E-state index contributed by atoms with van der Waals surface area (Å²) in [6, 6.07) is 6.74. The van der Waals surface area contributed by atoms with Crippen molar-refractivity contribution in [3.63, 3.8) is 0 Å². The highest BCUT2D eigenvalue weighted by atomic mass is 16.4. The van der Waals surface area contributed by atoms with Gasteiger partial charge in [-0.3, -0.25) is 14.8 Å². The van der Waals surface area contributed by atoms with E-state index in [0.29, 0.717) is 18.7 Å². The second-order valence-electron chi connectivity index (χ2n) is 5.89. The number of aromatic carboxylic acids is 1. The van der Waals surface area contributed by atoms with Gasteiger partial charge in [0.1, 0.15) is 0 Å². The third-order valence-corrected chi connectivity index (χ3v) is 3.90. The van der Waals surface area contributed by atoms with E-state index >= 15 is 0 Å². The number of carboxylic acid groups (broad SMARTS) is 1. The molecule has 2 aromatic heterocycles. The summed E-state index contributed by atoms with van der Waals surface area (Å²) in [4.78, 5) is 31.4. The number of rotatable bonds is 7. The first-order chi connectivity index (χ1) is 11.5. The molecule has 2 atom stereocenters. The van der Waals surface area contributed by atoms with Crippen LogP contribution in [0.5, 0.6) is 0 Å². The molecule has 0 fully saturated rings. The highest BCUT2D eigenvalue weighted by Crippen LogP contribution is 2.22. The van der Waals surface area contributed by atoms with Gasteiger partial charge in [0.15, 0.2) is 0 Å². The number of carboxylic acids is 1. The highest BCUT2D eigenvalue weighted by Gasteiger charge is 2.19. The number of nitrogens with one attached hydrogen (secondary N) is 1. The van der Waals surface area contributed by atoms with E-state index < -0.39 is 5.97 Å². The molecule has 0 saturated heterocycles. The molecule has 2 heterocycles. The molecular formula is C18H21N3O3. The Labute approximate surface area is 141 Å². The first-order valence-electron chi connectivity index (χ1n) is 7.83. The van der Waals surface area contributed by atoms with E-state index in [1.54, 1.807) is 18.5 Å². The lowest BCUT2D eigenvalue weighted by Gasteiger charge is -2.17. The van der Waals surface area contributed by atoms with Crippen LogP contribution in [0.25, 0.3) is 0 Å². The molecule has 2 N–H and O–H groups in total. The predicted octanol–water partition coefficient (Wildman–Crippen LogP) is 2.62. The Bertz CT molecular complexity index is 704. The van der Waals surface area contributed by atoms with Crippen LogP contribution in [0.1, 0.15) is 47.8 Å². The number of pyridine rings is 2. The third kappa shape index (κ3) is 4.87. The molecule has 24 heavy (non-hydrogen) atoms. The Morgan fingerprint density at radius 2 is 1.88 bits per heavy atom. The van der Waals surface area contributed by atoms with Crippen LogP contribution in [0.15, 0.2) is 42.9 Å². The SMILES string of the molecule is CC(C[C@@H](C)C(=O)NCc1ccncc1)c1cc(C(=O)O)ccn1. The van der Waals surface area contributed by atoms with Gasteiger partial charge in [0, 0.05) is 36.7 Å². The fraction of sp³-hybridized carbons (Fsp3) is 0.333. The van der Waals surface area contributed by atoms with Gasteiger partial charge in [-0.1, -0.05) is 13.8 Å². The zero-order chi connectivity index (χ0) is 17.5. The number of carbonyl (C=O) groups is 2. The van der Waals surface area contributed by atoms with Crippen molar-refractivity contribution in [1.82, 2.24) is 15.3 Å². The lowest BCUT2D eigenvalue weighted by molar-refractivity contribution is -0.125. The fourth-order valence-corrected chi connectivity index (χ4v) is 2.47. The number of aromatic nitrogens is 2. The van der Waals surface area contributed by atoms with E-state index in [-0.39, 0.29) is 23.3 Å². The summed E-state index contributed by atoms with van der Waals surface area (Å²) in [6.07, 6.45) is 5.46. The maximum atomic E-state index is 12.2. The molecule has 0 bridgehead atoms. The number of hydrogen-bond acceptors (Lipinski definition) is 4. The van der Waals surface area contributed by atoms with Crippen molar-refractivity contribution in [3.05, 3.63) is 59.7 Å². The Morgan fingerprint density at radius 3 is 2.54 bits per heavy atom. The molecule has 126 valence electrons. The van der Waals surface area contributed by atoms with Crippen LogP contribution in [0.2, 0.25) is 0 Å². The summed E-state index contributed by atoms with van der Waals surface area (Å²) in [7, 11) is 0. The van der Waals surface area contributed by atoms with E-state index in [1.165, 1.54) is 12.3 Å². The van der Waals surface area contributed by atoms with E-state index in [9.17, 15) is 9.59 Å². The fourth-order valence-electron chi connectivity index (χ4n) is 2.47. The molecule has 0 spiro atoms. The minimum absolute atomic E-state index is 0.00836. The van der Waals surface area contributed by atoms with Gasteiger partial charge in [0.05, 0.1) is 5.56 Å². The van der Waals surface area contributed by atoms with Gasteiger partial charge >= 0.3 is 5.97 Å². The van der Waals surface area contributed by atoms with Gasteiger partial charge in [-0.2, -0.15) is 0 Å². The minimum atomic E-state index is -0.978. The Hall–Kier alpha value is -2.76. The lowest BCUT2D eigenvalue weighted by Crippen LogP contribution is -2.29. The van der Waals surface area contributed by atoms with Crippen molar-refractivity contribution in [1.29, 1.82) is 0 Å². The highest BCUT2D eigenvalue weighted by molar-refractivity contribution is 5.87. The number of nitrogens with zero attached hydrogens (tertiary/aromatic N) is 2. The van der Waals surface area contributed by atoms with E-state index in [0.717, 1.165) is 5.56 Å². The van der Waals surface area contributed by atoms with Crippen LogP contribution in [0, 0.1) is 5.92 Å². The maximum Gasteiger partial charge on any atom is 0.335 e. The standard InChI is InChI=1S/C18H21N3O3/c1-12(16-10-15(18(23)24)5-8-20-16)9-13(2)17(22)21-11-14-3-6-19-7-4-14/h3-8,10,12-13H,9,11H2,1-2H3,(H,21,22)(H,23,24)/t12?,13-/m1/s1. The van der Waals surface area contributed by atoms with Crippen LogP contribution in [0.4, 0.5) is 0 Å². The Kier molecular flexibility index (Phi) is 6.01. The van der Waals surface area contributed by atoms with Crippen LogP contribution < -0.4 is 5.32 Å². The van der Waals surface area contributed by atoms with E-state index in [1.807, 2.05) is 26.0 Å². The molecule has 0 aliphatic heterocycles. The Morgan fingerprint density at radius 1 is 1.17 bits per heavy atom. The molecule has 6 nitrogen and oxygen atoms in total. The van der Waals surface area contributed by atoms with E-state index in [2.05, 4.69) is 15.3 Å². The number of hydrogen-bond donors (Lipinski definition) is 2. The minimum Gasteiger partial charge on any atom is -0.478 e. The molecule has 0 radical (unpaired) electrons. The van der Waals surface area contributed by atoms with Crippen molar-refractivity contribution in [2.24, 2.45) is 5.92 Å². The molecule has 2 aromatic rings. The van der Waals surface area contributed by atoms with Crippen molar-refractivity contribution >= 4 is 11.9 Å². The summed E-state index contributed by atoms with van der Waals surface area (Å²) in [5.74, 6) is -1.22. The first-order valence-corrected chi connectivity index (χ1v) is 7.83. The second-order valence-corrected chi connectivity index (χ2v) is 5.89. The third-order valence-electron chi connectivity index (χ3n) is 3.90. The molecule has 1 amide bonds. The zero-order valence-corrected chi connectivity index (χ0v) is 13.8. The Balaban J connectivity index is 1.90. The van der Waals surface area contributed by atoms with Crippen LogP contribution >= 0.6 is 0 Å². The molecule has 0 aliphatic carbocycles. The van der Waals surface area contributed by atoms with Crippen molar-refractivity contribution in [2.75, 3.05) is 0 Å². The van der Waals surface area contributed by atoms with Gasteiger partial charge in [0.25, 0.3) is 0 Å². The van der Waals surface area contributed by atoms with Gasteiger partial charge in [-0.05, 0) is 42.2 Å². The molecule has 1 unspecified atom stereocenters. The normalized spacial score (nSPS) is 13.1. The van der Waals surface area contributed by atoms with Crippen molar-refractivity contribution in [3.8, 4) is 0 Å². The molecule has 2 rings (SSSR count). The summed E-state index contributed by atoms with van der Waals surface area (Å²) in [6.45, 7) is 4.27. The smallest absolute Gasteiger partial charge is 0.335 e. The van der Waals surface area contributed by atoms with Gasteiger partial charge < -0.3 is 10.4 Å². The lowest BCUT2D eigenvalue weighted by atomic mass is 9.93. The average Bonchev–Trinajstić information content (AvgIpc) is 2.60. The molecular weight excluding hydrogens is 306 g/mol. The van der Waals surface area contributed by atoms with Crippen LogP contribution in [-0.4, -0.2) is 27.0 Å². The van der Waals surface area contributed by atoms with Gasteiger partial charge in [0.2, 0.25) is 5.91 Å². The van der Waals surface area contributed by atoms with Crippen molar-refractivity contribution < 1.29 is 14.7 Å². The summed E-state index contributed by atoms with van der Waals surface area (Å²) >= 11 is 0. The number of amides is 1. The van der Waals surface area contributed by atoms with Crippen LogP contribution in [-0.2, 0) is 11.3 Å². The average molecular weight is 327 g/mol. The maximum absolute atomic E-state index is 12.2. The second kappa shape index (κ2) is 8.19. The molecule has 0 saturated carbocycles. The summed E-state index contributed by atoms with van der Waals surface area (Å²) in [5.41, 5.74) is 1.89.